The molecule has 0 aliphatic heterocycles. The highest BCUT2D eigenvalue weighted by molar-refractivity contribution is 5.86. The van der Waals surface area contributed by atoms with Crippen LogP contribution in [0.3, 0.4) is 0 Å². The molecule has 1 amide bonds. The molecule has 3 aromatic rings. The molecule has 0 aliphatic rings. The number of imidazole rings is 1. The zero-order valence-electron chi connectivity index (χ0n) is 20.1. The lowest BCUT2D eigenvalue weighted by atomic mass is 10.0. The topological polar surface area (TPSA) is 56.2 Å². The Balaban J connectivity index is 1.46. The van der Waals surface area contributed by atoms with E-state index < -0.39 is 0 Å². The average molecular weight is 448 g/mol. The van der Waals surface area contributed by atoms with E-state index in [-0.39, 0.29) is 5.91 Å². The highest BCUT2D eigenvalue weighted by Gasteiger charge is 2.10. The Hall–Kier alpha value is -3.08. The molecule has 1 aromatic heterocycles. The normalized spacial score (nSPS) is 11.1. The second kappa shape index (κ2) is 12.8. The van der Waals surface area contributed by atoms with Gasteiger partial charge in [0.1, 0.15) is 11.6 Å². The first-order chi connectivity index (χ1) is 16.1. The van der Waals surface area contributed by atoms with Crippen LogP contribution in [-0.4, -0.2) is 28.6 Å². The van der Waals surface area contributed by atoms with Crippen molar-refractivity contribution in [3.8, 4) is 5.75 Å². The quantitative estimate of drug-likeness (QED) is 0.242. The van der Waals surface area contributed by atoms with Crippen LogP contribution in [-0.2, 0) is 17.8 Å². The summed E-state index contributed by atoms with van der Waals surface area (Å²) in [5.41, 5.74) is 3.60. The average Bonchev–Trinajstić information content (AvgIpc) is 3.18. The standard InChI is InChI=1S/C28H37N3O2/c1-4-28(32)29-19-9-5-6-14-27-30-25-12-7-8-13-26(25)31(27)20-10-11-21-33-24-17-15-23(16-18-24)22(2)3/h4,7-8,12-13,15-18,22H,1,5-6,9-11,14,19-21H2,2-3H3,(H,29,32). The van der Waals surface area contributed by atoms with Gasteiger partial charge in [0.05, 0.1) is 17.6 Å². The zero-order valence-corrected chi connectivity index (χ0v) is 20.1. The molecule has 0 saturated heterocycles. The van der Waals surface area contributed by atoms with E-state index in [0.717, 1.165) is 68.8 Å². The molecule has 5 heteroatoms. The number of hydrogen-bond donors (Lipinski definition) is 1. The van der Waals surface area contributed by atoms with Crippen molar-refractivity contribution in [1.82, 2.24) is 14.9 Å². The number of carbonyl (C=O) groups is 1. The minimum absolute atomic E-state index is 0.103. The Morgan fingerprint density at radius 3 is 2.61 bits per heavy atom. The second-order valence-electron chi connectivity index (χ2n) is 8.75. The van der Waals surface area contributed by atoms with Crippen molar-refractivity contribution < 1.29 is 9.53 Å². The van der Waals surface area contributed by atoms with E-state index in [1.807, 2.05) is 6.07 Å². The van der Waals surface area contributed by atoms with E-state index >= 15 is 0 Å². The summed E-state index contributed by atoms with van der Waals surface area (Å²) >= 11 is 0. The minimum atomic E-state index is -0.103. The zero-order chi connectivity index (χ0) is 23.5. The van der Waals surface area contributed by atoms with Gasteiger partial charge in [-0.2, -0.15) is 0 Å². The fraction of sp³-hybridized carbons (Fsp3) is 0.429. The van der Waals surface area contributed by atoms with E-state index in [2.05, 4.69) is 72.8 Å². The first-order valence-corrected chi connectivity index (χ1v) is 12.2. The number of carbonyl (C=O) groups excluding carboxylic acids is 1. The van der Waals surface area contributed by atoms with Crippen LogP contribution in [0.15, 0.2) is 61.2 Å². The van der Waals surface area contributed by atoms with Crippen molar-refractivity contribution in [3.05, 3.63) is 72.6 Å². The number of nitrogens with one attached hydrogen (secondary N) is 1. The predicted molar refractivity (Wildman–Crippen MR) is 136 cm³/mol. The summed E-state index contributed by atoms with van der Waals surface area (Å²) in [5, 5.41) is 2.83. The van der Waals surface area contributed by atoms with Gasteiger partial charge in [-0.1, -0.05) is 51.1 Å². The molecule has 0 fully saturated rings. The summed E-state index contributed by atoms with van der Waals surface area (Å²) in [4.78, 5) is 16.1. The fourth-order valence-corrected chi connectivity index (χ4v) is 3.95. The van der Waals surface area contributed by atoms with Gasteiger partial charge >= 0.3 is 0 Å². The van der Waals surface area contributed by atoms with E-state index in [1.165, 1.54) is 17.2 Å². The molecule has 0 radical (unpaired) electrons. The van der Waals surface area contributed by atoms with Crippen molar-refractivity contribution in [3.63, 3.8) is 0 Å². The van der Waals surface area contributed by atoms with Gasteiger partial charge in [0, 0.05) is 19.5 Å². The fourth-order valence-electron chi connectivity index (χ4n) is 3.95. The number of aryl methyl sites for hydroxylation is 2. The predicted octanol–water partition coefficient (Wildman–Crippen LogP) is 6.03. The molecule has 0 unspecified atom stereocenters. The maximum absolute atomic E-state index is 11.2. The van der Waals surface area contributed by atoms with Crippen LogP contribution >= 0.6 is 0 Å². The van der Waals surface area contributed by atoms with E-state index in [9.17, 15) is 4.79 Å². The van der Waals surface area contributed by atoms with Gasteiger partial charge in [-0.15, -0.1) is 0 Å². The first kappa shape index (κ1) is 24.6. The summed E-state index contributed by atoms with van der Waals surface area (Å²) in [6, 6.07) is 16.8. The Kier molecular flexibility index (Phi) is 9.55. The van der Waals surface area contributed by atoms with E-state index in [4.69, 9.17) is 9.72 Å². The number of rotatable bonds is 14. The van der Waals surface area contributed by atoms with Gasteiger partial charge in [-0.25, -0.2) is 4.98 Å². The van der Waals surface area contributed by atoms with Crippen molar-refractivity contribution in [1.29, 1.82) is 0 Å². The lowest BCUT2D eigenvalue weighted by molar-refractivity contribution is -0.116. The smallest absolute Gasteiger partial charge is 0.243 e. The highest BCUT2D eigenvalue weighted by atomic mass is 16.5. The van der Waals surface area contributed by atoms with Crippen molar-refractivity contribution in [2.24, 2.45) is 0 Å². The first-order valence-electron chi connectivity index (χ1n) is 12.2. The molecule has 0 spiro atoms. The van der Waals surface area contributed by atoms with Crippen molar-refractivity contribution >= 4 is 16.9 Å². The molecule has 3 rings (SSSR count). The molecule has 1 heterocycles. The summed E-state index contributed by atoms with van der Waals surface area (Å²) in [5.74, 6) is 2.53. The number of para-hydroxylation sites is 2. The number of hydrogen-bond acceptors (Lipinski definition) is 3. The Morgan fingerprint density at radius 1 is 1.06 bits per heavy atom. The highest BCUT2D eigenvalue weighted by Crippen LogP contribution is 2.20. The van der Waals surface area contributed by atoms with Crippen LogP contribution in [0.4, 0.5) is 0 Å². The van der Waals surface area contributed by atoms with E-state index in [1.54, 1.807) is 0 Å². The van der Waals surface area contributed by atoms with Gasteiger partial charge in [0.2, 0.25) is 5.91 Å². The Bertz CT molecular complexity index is 1020. The summed E-state index contributed by atoms with van der Waals surface area (Å²) in [7, 11) is 0. The number of ether oxygens (including phenoxy) is 1. The van der Waals surface area contributed by atoms with Crippen LogP contribution in [0, 0.1) is 0 Å². The third-order valence-electron chi connectivity index (χ3n) is 5.89. The van der Waals surface area contributed by atoms with Gasteiger partial charge in [0.15, 0.2) is 0 Å². The second-order valence-corrected chi connectivity index (χ2v) is 8.75. The molecule has 33 heavy (non-hydrogen) atoms. The van der Waals surface area contributed by atoms with Gasteiger partial charge in [-0.3, -0.25) is 4.79 Å². The molecule has 0 atom stereocenters. The molecule has 0 bridgehead atoms. The third-order valence-corrected chi connectivity index (χ3v) is 5.89. The van der Waals surface area contributed by atoms with Crippen molar-refractivity contribution in [2.45, 2.75) is 64.8 Å². The van der Waals surface area contributed by atoms with Gasteiger partial charge < -0.3 is 14.6 Å². The Morgan fingerprint density at radius 2 is 1.85 bits per heavy atom. The van der Waals surface area contributed by atoms with Gasteiger partial charge in [0.25, 0.3) is 0 Å². The number of benzene rings is 2. The Labute approximate surface area is 197 Å². The maximum Gasteiger partial charge on any atom is 0.243 e. The summed E-state index contributed by atoms with van der Waals surface area (Å²) in [6.07, 6.45) is 7.40. The maximum atomic E-state index is 11.2. The molecule has 0 aliphatic carbocycles. The number of amides is 1. The minimum Gasteiger partial charge on any atom is -0.494 e. The molecule has 0 saturated carbocycles. The van der Waals surface area contributed by atoms with Crippen LogP contribution in [0.25, 0.3) is 11.0 Å². The SMILES string of the molecule is C=CC(=O)NCCCCCc1nc2ccccc2n1CCCCOc1ccc(C(C)C)cc1. The summed E-state index contributed by atoms with van der Waals surface area (Å²) in [6.45, 7) is 10.2. The summed E-state index contributed by atoms with van der Waals surface area (Å²) < 4.78 is 8.31. The van der Waals surface area contributed by atoms with Gasteiger partial charge in [-0.05, 0) is 67.5 Å². The molecule has 5 nitrogen and oxygen atoms in total. The van der Waals surface area contributed by atoms with Crippen LogP contribution in [0.5, 0.6) is 5.75 Å². The molecule has 2 aromatic carbocycles. The van der Waals surface area contributed by atoms with Crippen LogP contribution in [0.1, 0.15) is 63.3 Å². The molecule has 176 valence electrons. The number of unbranched alkanes of at least 4 members (excludes halogenated alkanes) is 3. The van der Waals surface area contributed by atoms with Crippen molar-refractivity contribution in [2.75, 3.05) is 13.2 Å². The number of fused-ring (bicyclic) bond motifs is 1. The van der Waals surface area contributed by atoms with Crippen LogP contribution < -0.4 is 10.1 Å². The molecular formula is C28H37N3O2. The lowest BCUT2D eigenvalue weighted by Gasteiger charge is -2.11. The number of aromatic nitrogens is 2. The monoisotopic (exact) mass is 447 g/mol. The molecule has 1 N–H and O–H groups in total. The molecular weight excluding hydrogens is 410 g/mol. The van der Waals surface area contributed by atoms with Crippen LogP contribution in [0.2, 0.25) is 0 Å². The largest absolute Gasteiger partial charge is 0.494 e. The number of nitrogens with zero attached hydrogens (tertiary/aromatic N) is 2. The van der Waals surface area contributed by atoms with E-state index in [0.29, 0.717) is 12.5 Å². The third kappa shape index (κ3) is 7.48. The lowest BCUT2D eigenvalue weighted by Crippen LogP contribution is -2.21.